The van der Waals surface area contributed by atoms with Gasteiger partial charge in [-0.2, -0.15) is 0 Å². The van der Waals surface area contributed by atoms with Crippen molar-refractivity contribution in [3.05, 3.63) is 53.7 Å². The number of benzene rings is 2. The number of amides is 3. The summed E-state index contributed by atoms with van der Waals surface area (Å²) in [6, 6.07) is 10.8. The van der Waals surface area contributed by atoms with Crippen molar-refractivity contribution in [2.45, 2.75) is 39.7 Å². The minimum Gasteiger partial charge on any atom is -0.496 e. The Bertz CT molecular complexity index is 1270. The lowest BCUT2D eigenvalue weighted by molar-refractivity contribution is 0.0946. The summed E-state index contributed by atoms with van der Waals surface area (Å²) in [5.41, 5.74) is 2.67. The molecule has 0 bridgehead atoms. The van der Waals surface area contributed by atoms with Gasteiger partial charge in [0.15, 0.2) is 0 Å². The highest BCUT2D eigenvalue weighted by Crippen LogP contribution is 2.34. The highest BCUT2D eigenvalue weighted by molar-refractivity contribution is 6.02. The van der Waals surface area contributed by atoms with Crippen molar-refractivity contribution >= 4 is 28.5 Å². The molecule has 0 spiro atoms. The number of ether oxygens (including phenoxy) is 2. The Balaban J connectivity index is 1.53. The topological polar surface area (TPSA) is 105 Å². The van der Waals surface area contributed by atoms with E-state index in [0.717, 1.165) is 43.7 Å². The molecule has 0 aliphatic heterocycles. The summed E-state index contributed by atoms with van der Waals surface area (Å²) < 4.78 is 11.7. The second kappa shape index (κ2) is 11.9. The Hall–Kier alpha value is -3.85. The predicted molar refractivity (Wildman–Crippen MR) is 145 cm³/mol. The summed E-state index contributed by atoms with van der Waals surface area (Å²) in [6.07, 6.45) is 3.72. The van der Waals surface area contributed by atoms with Crippen molar-refractivity contribution < 1.29 is 19.1 Å². The number of pyridine rings is 1. The van der Waals surface area contributed by atoms with Crippen molar-refractivity contribution in [2.24, 2.45) is 0 Å². The summed E-state index contributed by atoms with van der Waals surface area (Å²) in [6.45, 7) is 9.29. The first-order valence-corrected chi connectivity index (χ1v) is 12.7. The molecule has 9 heteroatoms. The van der Waals surface area contributed by atoms with Gasteiger partial charge in [0.2, 0.25) is 0 Å². The number of nitrogens with one attached hydrogen (secondary N) is 3. The summed E-state index contributed by atoms with van der Waals surface area (Å²) in [5, 5.41) is 9.49. The van der Waals surface area contributed by atoms with Crippen molar-refractivity contribution in [3.8, 4) is 17.2 Å². The van der Waals surface area contributed by atoms with Crippen LogP contribution < -0.4 is 25.4 Å². The largest absolute Gasteiger partial charge is 0.496 e. The lowest BCUT2D eigenvalue weighted by atomic mass is 10.1. The Morgan fingerprint density at radius 3 is 2.54 bits per heavy atom. The molecule has 196 valence electrons. The average Bonchev–Trinajstić information content (AvgIpc) is 3.71. The third kappa shape index (κ3) is 6.68. The monoisotopic (exact) mass is 505 g/mol. The van der Waals surface area contributed by atoms with Gasteiger partial charge in [0, 0.05) is 42.5 Å². The summed E-state index contributed by atoms with van der Waals surface area (Å²) in [5.74, 6) is 1.42. The zero-order chi connectivity index (χ0) is 26.4. The standard InChI is InChI=1S/C28H35N5O4/c1-5-33(6-2)14-13-30-27(34)22-16-21-24(17-26(22)36-4)29-12-11-25(21)37-20-9-10-23(18(3)15-20)32-28(35)31-19-7-8-19/h9-12,15-17,19H,5-8,13-14H2,1-4H3,(H,30,34)(H2,31,32,35). The predicted octanol–water partition coefficient (Wildman–Crippen LogP) is 4.70. The fourth-order valence-electron chi connectivity index (χ4n) is 4.08. The zero-order valence-electron chi connectivity index (χ0n) is 21.9. The molecule has 1 fully saturated rings. The molecule has 1 aliphatic rings. The Labute approximate surface area is 217 Å². The van der Waals surface area contributed by atoms with Gasteiger partial charge in [0.05, 0.1) is 18.2 Å². The van der Waals surface area contributed by atoms with E-state index >= 15 is 0 Å². The van der Waals surface area contributed by atoms with Gasteiger partial charge >= 0.3 is 6.03 Å². The second-order valence-electron chi connectivity index (χ2n) is 9.11. The minimum absolute atomic E-state index is 0.198. The fourth-order valence-corrected chi connectivity index (χ4v) is 4.08. The van der Waals surface area contributed by atoms with E-state index in [9.17, 15) is 9.59 Å². The number of hydrogen-bond donors (Lipinski definition) is 3. The third-order valence-corrected chi connectivity index (χ3v) is 6.46. The number of rotatable bonds is 11. The van der Waals surface area contributed by atoms with E-state index in [0.29, 0.717) is 40.3 Å². The third-order valence-electron chi connectivity index (χ3n) is 6.46. The maximum absolute atomic E-state index is 13.0. The molecule has 3 N–H and O–H groups in total. The Morgan fingerprint density at radius 1 is 1.08 bits per heavy atom. The number of carbonyl (C=O) groups excluding carboxylic acids is 2. The quantitative estimate of drug-likeness (QED) is 0.349. The molecular formula is C28H35N5O4. The maximum atomic E-state index is 13.0. The molecule has 1 aliphatic carbocycles. The molecule has 0 unspecified atom stereocenters. The van der Waals surface area contributed by atoms with E-state index in [-0.39, 0.29) is 18.0 Å². The lowest BCUT2D eigenvalue weighted by Crippen LogP contribution is -2.34. The van der Waals surface area contributed by atoms with E-state index < -0.39 is 0 Å². The average molecular weight is 506 g/mol. The van der Waals surface area contributed by atoms with E-state index in [1.54, 1.807) is 30.5 Å². The molecule has 0 radical (unpaired) electrons. The molecule has 1 aromatic heterocycles. The summed E-state index contributed by atoms with van der Waals surface area (Å²) in [4.78, 5) is 31.8. The van der Waals surface area contributed by atoms with Crippen LogP contribution in [-0.2, 0) is 0 Å². The minimum atomic E-state index is -0.212. The summed E-state index contributed by atoms with van der Waals surface area (Å²) in [7, 11) is 1.54. The normalized spacial score (nSPS) is 12.9. The number of methoxy groups -OCH3 is 1. The van der Waals surface area contributed by atoms with Crippen LogP contribution in [0.15, 0.2) is 42.6 Å². The summed E-state index contributed by atoms with van der Waals surface area (Å²) >= 11 is 0. The molecule has 1 saturated carbocycles. The van der Waals surface area contributed by atoms with Crippen LogP contribution in [0.25, 0.3) is 10.9 Å². The van der Waals surface area contributed by atoms with Gasteiger partial charge in [0.1, 0.15) is 17.2 Å². The van der Waals surface area contributed by atoms with Crippen molar-refractivity contribution in [1.82, 2.24) is 20.5 Å². The lowest BCUT2D eigenvalue weighted by Gasteiger charge is -2.18. The molecule has 0 saturated heterocycles. The van der Waals surface area contributed by atoms with Gasteiger partial charge in [0.25, 0.3) is 5.91 Å². The van der Waals surface area contributed by atoms with Crippen LogP contribution in [0, 0.1) is 6.92 Å². The molecule has 37 heavy (non-hydrogen) atoms. The van der Waals surface area contributed by atoms with Crippen LogP contribution in [0.1, 0.15) is 42.6 Å². The van der Waals surface area contributed by atoms with Crippen LogP contribution >= 0.6 is 0 Å². The highest BCUT2D eigenvalue weighted by Gasteiger charge is 2.23. The molecule has 2 aromatic carbocycles. The second-order valence-corrected chi connectivity index (χ2v) is 9.11. The van der Waals surface area contributed by atoms with E-state index in [2.05, 4.69) is 39.7 Å². The van der Waals surface area contributed by atoms with Gasteiger partial charge in [-0.25, -0.2) is 4.79 Å². The number of aryl methyl sites for hydroxylation is 1. The van der Waals surface area contributed by atoms with Gasteiger partial charge in [-0.1, -0.05) is 13.8 Å². The SMILES string of the molecule is CCN(CC)CCNC(=O)c1cc2c(Oc3ccc(NC(=O)NC4CC4)c(C)c3)ccnc2cc1OC. The highest BCUT2D eigenvalue weighted by atomic mass is 16.5. The Kier molecular flexibility index (Phi) is 8.45. The molecular weight excluding hydrogens is 470 g/mol. The molecule has 0 atom stereocenters. The van der Waals surface area contributed by atoms with Crippen molar-refractivity contribution in [1.29, 1.82) is 0 Å². The van der Waals surface area contributed by atoms with Gasteiger partial charge in [-0.3, -0.25) is 9.78 Å². The smallest absolute Gasteiger partial charge is 0.319 e. The number of fused-ring (bicyclic) bond motifs is 1. The number of hydrogen-bond acceptors (Lipinski definition) is 6. The van der Waals surface area contributed by atoms with Crippen molar-refractivity contribution in [2.75, 3.05) is 38.6 Å². The number of anilines is 1. The zero-order valence-corrected chi connectivity index (χ0v) is 21.9. The van der Waals surface area contributed by atoms with Gasteiger partial charge < -0.3 is 30.3 Å². The van der Waals surface area contributed by atoms with Crippen LogP contribution in [0.3, 0.4) is 0 Å². The maximum Gasteiger partial charge on any atom is 0.319 e. The molecule has 4 rings (SSSR count). The molecule has 3 amide bonds. The van der Waals surface area contributed by atoms with Crippen molar-refractivity contribution in [3.63, 3.8) is 0 Å². The fraction of sp³-hybridized carbons (Fsp3) is 0.393. The van der Waals surface area contributed by atoms with Crippen LogP contribution in [0.5, 0.6) is 17.2 Å². The van der Waals surface area contributed by atoms with E-state index in [1.807, 2.05) is 19.1 Å². The number of aromatic nitrogens is 1. The first-order valence-electron chi connectivity index (χ1n) is 12.7. The number of urea groups is 1. The first-order chi connectivity index (χ1) is 17.9. The van der Waals surface area contributed by atoms with Crippen LogP contribution in [0.2, 0.25) is 0 Å². The van der Waals surface area contributed by atoms with Crippen LogP contribution in [0.4, 0.5) is 10.5 Å². The number of nitrogens with zero attached hydrogens (tertiary/aromatic N) is 2. The van der Waals surface area contributed by atoms with E-state index in [1.165, 1.54) is 7.11 Å². The van der Waals surface area contributed by atoms with Gasteiger partial charge in [-0.15, -0.1) is 0 Å². The molecule has 1 heterocycles. The number of likely N-dealkylation sites (N-methyl/N-ethyl adjacent to an activating group) is 1. The van der Waals surface area contributed by atoms with E-state index in [4.69, 9.17) is 9.47 Å². The molecule has 3 aromatic rings. The van der Waals surface area contributed by atoms with Gasteiger partial charge in [-0.05, 0) is 68.8 Å². The van der Waals surface area contributed by atoms with Crippen LogP contribution in [-0.4, -0.2) is 61.2 Å². The number of carbonyl (C=O) groups is 2. The Morgan fingerprint density at radius 2 is 1.86 bits per heavy atom. The first kappa shape index (κ1) is 26.2. The molecule has 9 nitrogen and oxygen atoms in total.